The minimum absolute atomic E-state index is 0.0823. The van der Waals surface area contributed by atoms with Gasteiger partial charge in [-0.05, 0) is 49.3 Å². The van der Waals surface area contributed by atoms with Crippen molar-refractivity contribution in [1.29, 1.82) is 0 Å². The van der Waals surface area contributed by atoms with Crippen LogP contribution in [-0.4, -0.2) is 26.3 Å². The van der Waals surface area contributed by atoms with Crippen molar-refractivity contribution in [3.8, 4) is 0 Å². The Morgan fingerprint density at radius 1 is 1.35 bits per heavy atom. The van der Waals surface area contributed by atoms with Gasteiger partial charge in [-0.2, -0.15) is 0 Å². The maximum Gasteiger partial charge on any atom is 0.144 e. The third kappa shape index (κ3) is 3.94. The average molecular weight is 300 g/mol. The van der Waals surface area contributed by atoms with Crippen LogP contribution in [0.25, 0.3) is 0 Å². The Hall–Kier alpha value is -0.640. The van der Waals surface area contributed by atoms with E-state index in [0.29, 0.717) is 0 Å². The third-order valence-corrected chi connectivity index (χ3v) is 4.37. The van der Waals surface area contributed by atoms with Crippen molar-refractivity contribution in [2.24, 2.45) is 5.41 Å². The first-order chi connectivity index (χ1) is 9.67. The number of hydrogen-bond donors (Lipinski definition) is 1. The van der Waals surface area contributed by atoms with Gasteiger partial charge < -0.3 is 10.1 Å². The van der Waals surface area contributed by atoms with Gasteiger partial charge in [-0.25, -0.2) is 4.39 Å². The topological polar surface area (TPSA) is 21.3 Å². The van der Waals surface area contributed by atoms with Crippen LogP contribution in [-0.2, 0) is 11.2 Å². The second-order valence-electron chi connectivity index (χ2n) is 5.68. The first-order valence-corrected chi connectivity index (χ1v) is 7.76. The highest BCUT2D eigenvalue weighted by atomic mass is 35.5. The molecule has 20 heavy (non-hydrogen) atoms. The number of ether oxygens (including phenoxy) is 1. The summed E-state index contributed by atoms with van der Waals surface area (Å²) in [5.41, 5.74) is 0.802. The Kier molecular flexibility index (Phi) is 5.82. The monoisotopic (exact) mass is 299 g/mol. The van der Waals surface area contributed by atoms with E-state index in [1.807, 2.05) is 12.1 Å². The lowest BCUT2D eigenvalue weighted by atomic mass is 9.75. The van der Waals surface area contributed by atoms with E-state index in [4.69, 9.17) is 16.3 Å². The van der Waals surface area contributed by atoms with E-state index < -0.39 is 0 Å². The number of rotatable bonds is 6. The molecular weight excluding hydrogens is 277 g/mol. The van der Waals surface area contributed by atoms with Gasteiger partial charge in [0.25, 0.3) is 0 Å². The second-order valence-corrected chi connectivity index (χ2v) is 6.09. The second kappa shape index (κ2) is 7.39. The molecule has 112 valence electrons. The van der Waals surface area contributed by atoms with Crippen LogP contribution in [0.2, 0.25) is 5.02 Å². The van der Waals surface area contributed by atoms with Crippen molar-refractivity contribution in [3.05, 3.63) is 34.6 Å². The van der Waals surface area contributed by atoms with Gasteiger partial charge >= 0.3 is 0 Å². The molecule has 1 aromatic rings. The fourth-order valence-electron chi connectivity index (χ4n) is 2.84. The van der Waals surface area contributed by atoms with Gasteiger partial charge in [-0.3, -0.25) is 0 Å². The highest BCUT2D eigenvalue weighted by Gasteiger charge is 2.33. The number of hydrogen-bond acceptors (Lipinski definition) is 2. The Morgan fingerprint density at radius 2 is 2.10 bits per heavy atom. The van der Waals surface area contributed by atoms with Crippen LogP contribution in [0, 0.1) is 11.2 Å². The molecule has 4 heteroatoms. The normalized spacial score (nSPS) is 18.1. The van der Waals surface area contributed by atoms with Crippen molar-refractivity contribution in [3.63, 3.8) is 0 Å². The van der Waals surface area contributed by atoms with Gasteiger partial charge in [0.05, 0.1) is 5.02 Å². The summed E-state index contributed by atoms with van der Waals surface area (Å²) in [5.74, 6) is -0.268. The van der Waals surface area contributed by atoms with Crippen molar-refractivity contribution < 1.29 is 9.13 Å². The predicted octanol–water partition coefficient (Wildman–Crippen LogP) is 3.82. The first kappa shape index (κ1) is 15.7. The molecule has 0 amide bonds. The van der Waals surface area contributed by atoms with E-state index >= 15 is 0 Å². The maximum absolute atomic E-state index is 14.1. The number of nitrogens with one attached hydrogen (secondary N) is 1. The quantitative estimate of drug-likeness (QED) is 0.806. The molecule has 1 aromatic carbocycles. The molecule has 1 aliphatic heterocycles. The Labute approximate surface area is 125 Å². The van der Waals surface area contributed by atoms with Crippen LogP contribution in [0.1, 0.15) is 31.7 Å². The van der Waals surface area contributed by atoms with E-state index in [2.05, 4.69) is 12.2 Å². The third-order valence-electron chi connectivity index (χ3n) is 4.08. The van der Waals surface area contributed by atoms with Crippen LogP contribution in [0.5, 0.6) is 0 Å². The maximum atomic E-state index is 14.1. The smallest absolute Gasteiger partial charge is 0.144 e. The predicted molar refractivity (Wildman–Crippen MR) is 80.8 cm³/mol. The fraction of sp³-hybridized carbons (Fsp3) is 0.625. The molecule has 0 spiro atoms. The molecule has 0 aromatic heterocycles. The zero-order valence-corrected chi connectivity index (χ0v) is 12.8. The minimum atomic E-state index is -0.268. The molecule has 1 fully saturated rings. The summed E-state index contributed by atoms with van der Waals surface area (Å²) in [5, 5.41) is 3.70. The fourth-order valence-corrected chi connectivity index (χ4v) is 3.03. The van der Waals surface area contributed by atoms with Gasteiger partial charge in [0, 0.05) is 19.8 Å². The van der Waals surface area contributed by atoms with Gasteiger partial charge in [0.1, 0.15) is 5.82 Å². The van der Waals surface area contributed by atoms with Crippen molar-refractivity contribution >= 4 is 11.6 Å². The highest BCUT2D eigenvalue weighted by Crippen LogP contribution is 2.35. The van der Waals surface area contributed by atoms with Crippen LogP contribution in [0.3, 0.4) is 0 Å². The molecule has 1 aliphatic rings. The highest BCUT2D eigenvalue weighted by molar-refractivity contribution is 6.30. The Bertz CT molecular complexity index is 432. The SMILES string of the molecule is CCCNCC1(Cc2cccc(Cl)c2F)CCOCC1. The molecule has 0 aliphatic carbocycles. The molecule has 1 saturated heterocycles. The van der Waals surface area contributed by atoms with Crippen molar-refractivity contribution in [2.75, 3.05) is 26.3 Å². The molecule has 0 unspecified atom stereocenters. The largest absolute Gasteiger partial charge is 0.381 e. The lowest BCUT2D eigenvalue weighted by Crippen LogP contribution is -2.41. The summed E-state index contributed by atoms with van der Waals surface area (Å²) < 4.78 is 19.6. The van der Waals surface area contributed by atoms with Gasteiger partial charge in [0.2, 0.25) is 0 Å². The summed E-state index contributed by atoms with van der Waals surface area (Å²) in [6.07, 6.45) is 3.77. The Balaban J connectivity index is 2.12. The van der Waals surface area contributed by atoms with E-state index in [1.165, 1.54) is 0 Å². The van der Waals surface area contributed by atoms with Crippen LogP contribution >= 0.6 is 11.6 Å². The molecule has 0 radical (unpaired) electrons. The molecule has 2 rings (SSSR count). The molecule has 1 heterocycles. The van der Waals surface area contributed by atoms with Crippen molar-refractivity contribution in [2.45, 2.75) is 32.6 Å². The summed E-state index contributed by atoms with van der Waals surface area (Å²) in [6.45, 7) is 5.59. The molecular formula is C16H23ClFNO. The zero-order chi connectivity index (χ0) is 14.4. The summed E-state index contributed by atoms with van der Waals surface area (Å²) in [7, 11) is 0. The number of benzene rings is 1. The van der Waals surface area contributed by atoms with Crippen molar-refractivity contribution in [1.82, 2.24) is 5.32 Å². The first-order valence-electron chi connectivity index (χ1n) is 7.38. The summed E-state index contributed by atoms with van der Waals surface area (Å²) in [4.78, 5) is 0. The molecule has 0 saturated carbocycles. The standard InChI is InChI=1S/C16H23ClFNO/c1-2-8-19-12-16(6-9-20-10-7-16)11-13-4-3-5-14(17)15(13)18/h3-5,19H,2,6-12H2,1H3. The molecule has 1 N–H and O–H groups in total. The van der Waals surface area contributed by atoms with Gasteiger partial charge in [0.15, 0.2) is 0 Å². The van der Waals surface area contributed by atoms with E-state index in [9.17, 15) is 4.39 Å². The molecule has 0 bridgehead atoms. The van der Waals surface area contributed by atoms with E-state index in [0.717, 1.165) is 57.6 Å². The molecule has 2 nitrogen and oxygen atoms in total. The Morgan fingerprint density at radius 3 is 2.80 bits per heavy atom. The molecule has 0 atom stereocenters. The average Bonchev–Trinajstić information content (AvgIpc) is 2.45. The van der Waals surface area contributed by atoms with Crippen LogP contribution in [0.4, 0.5) is 4.39 Å². The summed E-state index contributed by atoms with van der Waals surface area (Å²) in [6, 6.07) is 5.28. The summed E-state index contributed by atoms with van der Waals surface area (Å²) >= 11 is 5.89. The zero-order valence-electron chi connectivity index (χ0n) is 12.1. The van der Waals surface area contributed by atoms with Crippen LogP contribution in [0.15, 0.2) is 18.2 Å². The van der Waals surface area contributed by atoms with Crippen LogP contribution < -0.4 is 5.32 Å². The lowest BCUT2D eigenvalue weighted by molar-refractivity contribution is 0.0146. The lowest BCUT2D eigenvalue weighted by Gasteiger charge is -2.38. The number of halogens is 2. The minimum Gasteiger partial charge on any atom is -0.381 e. The van der Waals surface area contributed by atoms with E-state index in [1.54, 1.807) is 6.07 Å². The van der Waals surface area contributed by atoms with Gasteiger partial charge in [-0.15, -0.1) is 0 Å². The van der Waals surface area contributed by atoms with E-state index in [-0.39, 0.29) is 16.3 Å². The van der Waals surface area contributed by atoms with Gasteiger partial charge in [-0.1, -0.05) is 30.7 Å².